The molecule has 0 saturated carbocycles. The van der Waals surface area contributed by atoms with Crippen LogP contribution in [0.5, 0.6) is 0 Å². The zero-order valence-corrected chi connectivity index (χ0v) is 14.6. The van der Waals surface area contributed by atoms with Gasteiger partial charge in [0, 0.05) is 21.8 Å². The molecule has 0 aliphatic carbocycles. The molecule has 132 valence electrons. The fourth-order valence-electron chi connectivity index (χ4n) is 2.27. The molecule has 1 heterocycles. The highest BCUT2D eigenvalue weighted by Gasteiger charge is 2.11. The summed E-state index contributed by atoms with van der Waals surface area (Å²) < 4.78 is 0. The minimum Gasteiger partial charge on any atom is -0.366 e. The molecule has 0 bridgehead atoms. The van der Waals surface area contributed by atoms with E-state index in [1.807, 2.05) is 6.92 Å². The largest absolute Gasteiger partial charge is 0.366 e. The first-order valence-corrected chi connectivity index (χ1v) is 8.05. The normalized spacial score (nSPS) is 10.5. The van der Waals surface area contributed by atoms with Crippen molar-refractivity contribution in [1.29, 1.82) is 0 Å². The fourth-order valence-corrected chi connectivity index (χ4v) is 2.44. The van der Waals surface area contributed by atoms with Gasteiger partial charge in [-0.1, -0.05) is 29.8 Å². The Morgan fingerprint density at radius 2 is 1.92 bits per heavy atom. The van der Waals surface area contributed by atoms with Crippen LogP contribution in [0.4, 0.5) is 5.69 Å². The van der Waals surface area contributed by atoms with E-state index in [1.165, 1.54) is 4.80 Å². The van der Waals surface area contributed by atoms with Gasteiger partial charge >= 0.3 is 0 Å². The number of carbonyl (C=O) groups excluding carboxylic acids is 2. The van der Waals surface area contributed by atoms with E-state index in [-0.39, 0.29) is 12.5 Å². The molecular weight excluding hydrogens is 356 g/mol. The average Bonchev–Trinajstić information content (AvgIpc) is 3.07. The Hall–Kier alpha value is -3.26. The van der Waals surface area contributed by atoms with E-state index >= 15 is 0 Å². The zero-order chi connectivity index (χ0) is 18.7. The number of tetrazole rings is 1. The Kier molecular flexibility index (Phi) is 4.94. The SMILES string of the molecule is Cc1c(Cl)cccc1NC(=O)Cn1nnc(-c2ccc(C(N)=O)cc2)n1. The number of nitrogens with two attached hydrogens (primary N) is 1. The molecule has 8 nitrogen and oxygen atoms in total. The molecule has 0 radical (unpaired) electrons. The van der Waals surface area contributed by atoms with E-state index in [0.29, 0.717) is 27.7 Å². The Morgan fingerprint density at radius 3 is 2.62 bits per heavy atom. The number of hydrogen-bond donors (Lipinski definition) is 2. The molecule has 0 aliphatic heterocycles. The van der Waals surface area contributed by atoms with Crippen molar-refractivity contribution < 1.29 is 9.59 Å². The zero-order valence-electron chi connectivity index (χ0n) is 13.8. The summed E-state index contributed by atoms with van der Waals surface area (Å²) >= 11 is 6.04. The number of primary amides is 1. The first-order chi connectivity index (χ1) is 12.4. The van der Waals surface area contributed by atoms with Crippen LogP contribution in [0.2, 0.25) is 5.02 Å². The van der Waals surface area contributed by atoms with Crippen LogP contribution in [0.15, 0.2) is 42.5 Å². The molecule has 0 spiro atoms. The van der Waals surface area contributed by atoms with Crippen molar-refractivity contribution in [2.45, 2.75) is 13.5 Å². The van der Waals surface area contributed by atoms with Crippen LogP contribution in [0.3, 0.4) is 0 Å². The number of anilines is 1. The van der Waals surface area contributed by atoms with E-state index < -0.39 is 5.91 Å². The summed E-state index contributed by atoms with van der Waals surface area (Å²) in [6.45, 7) is 1.72. The number of rotatable bonds is 5. The number of aromatic nitrogens is 4. The molecule has 0 fully saturated rings. The van der Waals surface area contributed by atoms with Crippen molar-refractivity contribution in [1.82, 2.24) is 20.2 Å². The van der Waals surface area contributed by atoms with E-state index in [2.05, 4.69) is 20.7 Å². The van der Waals surface area contributed by atoms with Crippen molar-refractivity contribution in [3.63, 3.8) is 0 Å². The highest BCUT2D eigenvalue weighted by atomic mass is 35.5. The highest BCUT2D eigenvalue weighted by molar-refractivity contribution is 6.31. The topological polar surface area (TPSA) is 116 Å². The lowest BCUT2D eigenvalue weighted by atomic mass is 10.1. The lowest BCUT2D eigenvalue weighted by Gasteiger charge is -2.08. The van der Waals surface area contributed by atoms with Crippen molar-refractivity contribution in [2.75, 3.05) is 5.32 Å². The number of benzene rings is 2. The third-order valence-electron chi connectivity index (χ3n) is 3.71. The van der Waals surface area contributed by atoms with Crippen LogP contribution < -0.4 is 11.1 Å². The van der Waals surface area contributed by atoms with Gasteiger partial charge in [-0.3, -0.25) is 9.59 Å². The Labute approximate surface area is 154 Å². The molecule has 3 N–H and O–H groups in total. The monoisotopic (exact) mass is 370 g/mol. The lowest BCUT2D eigenvalue weighted by Crippen LogP contribution is -2.21. The second kappa shape index (κ2) is 7.32. The van der Waals surface area contributed by atoms with Gasteiger partial charge in [-0.15, -0.1) is 10.2 Å². The van der Waals surface area contributed by atoms with Crippen LogP contribution in [-0.2, 0) is 11.3 Å². The number of nitrogens with zero attached hydrogens (tertiary/aromatic N) is 4. The van der Waals surface area contributed by atoms with E-state index in [4.69, 9.17) is 17.3 Å². The maximum Gasteiger partial charge on any atom is 0.248 e. The Morgan fingerprint density at radius 1 is 1.19 bits per heavy atom. The summed E-state index contributed by atoms with van der Waals surface area (Å²) in [5.74, 6) is -0.475. The summed E-state index contributed by atoms with van der Waals surface area (Å²) in [5, 5.41) is 15.3. The summed E-state index contributed by atoms with van der Waals surface area (Å²) in [6.07, 6.45) is 0. The quantitative estimate of drug-likeness (QED) is 0.712. The van der Waals surface area contributed by atoms with Gasteiger partial charge in [-0.05, 0) is 42.0 Å². The third-order valence-corrected chi connectivity index (χ3v) is 4.12. The van der Waals surface area contributed by atoms with Gasteiger partial charge in [0.2, 0.25) is 17.6 Å². The summed E-state index contributed by atoms with van der Waals surface area (Å²) in [4.78, 5) is 24.5. The number of hydrogen-bond acceptors (Lipinski definition) is 5. The van der Waals surface area contributed by atoms with Crippen LogP contribution in [-0.4, -0.2) is 32.0 Å². The number of carbonyl (C=O) groups is 2. The molecule has 9 heteroatoms. The molecule has 0 atom stereocenters. The minimum atomic E-state index is -0.513. The van der Waals surface area contributed by atoms with Crippen LogP contribution >= 0.6 is 11.6 Å². The Bertz CT molecular complexity index is 968. The first kappa shape index (κ1) is 17.6. The highest BCUT2D eigenvalue weighted by Crippen LogP contribution is 2.22. The van der Waals surface area contributed by atoms with Crippen molar-refractivity contribution in [3.05, 3.63) is 58.6 Å². The first-order valence-electron chi connectivity index (χ1n) is 7.67. The lowest BCUT2D eigenvalue weighted by molar-refractivity contribution is -0.117. The molecule has 1 aromatic heterocycles. The molecule has 26 heavy (non-hydrogen) atoms. The van der Waals surface area contributed by atoms with Gasteiger partial charge in [0.1, 0.15) is 6.54 Å². The molecule has 0 aliphatic rings. The van der Waals surface area contributed by atoms with Gasteiger partial charge in [-0.2, -0.15) is 4.80 Å². The Balaban J connectivity index is 1.69. The average molecular weight is 371 g/mol. The maximum absolute atomic E-state index is 12.2. The van der Waals surface area contributed by atoms with Crippen LogP contribution in [0, 0.1) is 6.92 Å². The van der Waals surface area contributed by atoms with Crippen molar-refractivity contribution in [2.24, 2.45) is 5.73 Å². The fraction of sp³-hybridized carbons (Fsp3) is 0.118. The van der Waals surface area contributed by atoms with Gasteiger partial charge < -0.3 is 11.1 Å². The van der Waals surface area contributed by atoms with Crippen LogP contribution in [0.25, 0.3) is 11.4 Å². The van der Waals surface area contributed by atoms with Gasteiger partial charge in [0.25, 0.3) is 0 Å². The van der Waals surface area contributed by atoms with Gasteiger partial charge in [0.15, 0.2) is 0 Å². The van der Waals surface area contributed by atoms with Gasteiger partial charge in [0.05, 0.1) is 0 Å². The third kappa shape index (κ3) is 3.86. The molecule has 2 aromatic carbocycles. The van der Waals surface area contributed by atoms with Gasteiger partial charge in [-0.25, -0.2) is 0 Å². The summed E-state index contributed by atoms with van der Waals surface area (Å²) in [6, 6.07) is 11.8. The maximum atomic E-state index is 12.2. The molecule has 0 saturated heterocycles. The van der Waals surface area contributed by atoms with E-state index in [9.17, 15) is 9.59 Å². The smallest absolute Gasteiger partial charge is 0.248 e. The second-order valence-electron chi connectivity index (χ2n) is 5.55. The predicted molar refractivity (Wildman–Crippen MR) is 96.6 cm³/mol. The second-order valence-corrected chi connectivity index (χ2v) is 5.95. The minimum absolute atomic E-state index is 0.0989. The molecular formula is C17H15ClN6O2. The van der Waals surface area contributed by atoms with E-state index in [0.717, 1.165) is 5.56 Å². The summed E-state index contributed by atoms with van der Waals surface area (Å²) in [5.41, 5.74) is 7.66. The molecule has 0 unspecified atom stereocenters. The number of nitrogens with one attached hydrogen (secondary N) is 1. The van der Waals surface area contributed by atoms with Crippen molar-refractivity contribution in [3.8, 4) is 11.4 Å². The number of halogens is 1. The number of amides is 2. The molecule has 2 amide bonds. The molecule has 3 rings (SSSR count). The standard InChI is InChI=1S/C17H15ClN6O2/c1-10-13(18)3-2-4-14(10)20-15(25)9-24-22-17(21-23-24)12-7-5-11(6-8-12)16(19)26/h2-8H,9H2,1H3,(H2,19,26)(H,20,25). The molecule has 3 aromatic rings. The van der Waals surface area contributed by atoms with Crippen LogP contribution in [0.1, 0.15) is 15.9 Å². The van der Waals surface area contributed by atoms with Crippen molar-refractivity contribution >= 4 is 29.1 Å². The predicted octanol–water partition coefficient (Wildman–Crippen LogP) is 2.04. The van der Waals surface area contributed by atoms with E-state index in [1.54, 1.807) is 42.5 Å². The summed E-state index contributed by atoms with van der Waals surface area (Å²) in [7, 11) is 0.